The van der Waals surface area contributed by atoms with Crippen LogP contribution in [0.1, 0.15) is 85.5 Å². The van der Waals surface area contributed by atoms with E-state index in [1.54, 1.807) is 0 Å². The summed E-state index contributed by atoms with van der Waals surface area (Å²) in [4.78, 5) is 37.8. The molecule has 0 aromatic heterocycles. The minimum absolute atomic E-state index is 0.174. The molecule has 0 fully saturated rings. The molecule has 0 rings (SSSR count). The SMILES string of the molecule is CCCCCCC[CH2][Sn]([O]C(=O)CSCCC)([O]C(=O)CSCCC)[O]C(=O)CSCCC. The van der Waals surface area contributed by atoms with Crippen molar-refractivity contribution in [2.45, 2.75) is 89.9 Å². The monoisotopic (exact) mass is 632 g/mol. The van der Waals surface area contributed by atoms with E-state index >= 15 is 0 Å². The number of thioether (sulfide) groups is 3. The average Bonchev–Trinajstić information content (AvgIpc) is 2.76. The number of unbranched alkanes of at least 4 members (excludes halogenated alkanes) is 5. The van der Waals surface area contributed by atoms with Crippen LogP contribution < -0.4 is 0 Å². The standard InChI is InChI=1S/C8H17.3C5H10O2S.Sn/c1-3-5-7-8-6-4-2;3*1-2-3-8-4-5(6)7;/h1,3-8H2,2H3;3*2-4H2,1H3,(H,6,7);/q;;;;+3/p-3. The molecule has 0 heterocycles. The van der Waals surface area contributed by atoms with Crippen LogP contribution in [-0.4, -0.2) is 72.0 Å². The van der Waals surface area contributed by atoms with Crippen LogP contribution in [0.4, 0.5) is 0 Å². The quantitative estimate of drug-likeness (QED) is 0.100. The van der Waals surface area contributed by atoms with Gasteiger partial charge < -0.3 is 0 Å². The van der Waals surface area contributed by atoms with Gasteiger partial charge >= 0.3 is 221 Å². The van der Waals surface area contributed by atoms with Crippen molar-refractivity contribution in [1.29, 1.82) is 0 Å². The summed E-state index contributed by atoms with van der Waals surface area (Å²) < 4.78 is 17.8. The van der Waals surface area contributed by atoms with Gasteiger partial charge in [-0.3, -0.25) is 0 Å². The Morgan fingerprint density at radius 1 is 0.545 bits per heavy atom. The second-order valence-corrected chi connectivity index (χ2v) is 18.2. The summed E-state index contributed by atoms with van der Waals surface area (Å²) in [5.74, 6) is 1.71. The van der Waals surface area contributed by atoms with Crippen LogP contribution >= 0.6 is 35.3 Å². The van der Waals surface area contributed by atoms with Crippen molar-refractivity contribution in [3.05, 3.63) is 0 Å². The van der Waals surface area contributed by atoms with Gasteiger partial charge in [0.05, 0.1) is 0 Å². The summed E-state index contributed by atoms with van der Waals surface area (Å²) in [6.45, 7) is 8.31. The molecule has 0 aliphatic heterocycles. The molecule has 0 atom stereocenters. The number of carbonyl (C=O) groups is 3. The zero-order valence-electron chi connectivity index (χ0n) is 21.0. The summed E-state index contributed by atoms with van der Waals surface area (Å²) in [5.41, 5.74) is 0. The molecule has 0 amide bonds. The van der Waals surface area contributed by atoms with E-state index in [0.717, 1.165) is 68.6 Å². The van der Waals surface area contributed by atoms with Crippen LogP contribution in [0.5, 0.6) is 0 Å². The van der Waals surface area contributed by atoms with E-state index in [9.17, 15) is 14.4 Å². The van der Waals surface area contributed by atoms with Crippen molar-refractivity contribution in [1.82, 2.24) is 0 Å². The Bertz CT molecular complexity index is 477. The number of carbonyl (C=O) groups excluding carboxylic acids is 3. The van der Waals surface area contributed by atoms with Crippen molar-refractivity contribution >= 4 is 72.8 Å². The van der Waals surface area contributed by atoms with Gasteiger partial charge in [0, 0.05) is 0 Å². The Labute approximate surface area is 219 Å². The first-order valence-corrected chi connectivity index (χ1v) is 21.3. The number of hydrogen-bond donors (Lipinski definition) is 0. The van der Waals surface area contributed by atoms with E-state index in [0.29, 0.717) is 4.44 Å². The van der Waals surface area contributed by atoms with Gasteiger partial charge in [-0.2, -0.15) is 0 Å². The van der Waals surface area contributed by atoms with E-state index in [-0.39, 0.29) is 17.3 Å². The zero-order valence-corrected chi connectivity index (χ0v) is 26.3. The first kappa shape index (κ1) is 33.3. The fourth-order valence-corrected chi connectivity index (χ4v) is 12.5. The summed E-state index contributed by atoms with van der Waals surface area (Å²) in [7, 11) is 0. The van der Waals surface area contributed by atoms with Crippen molar-refractivity contribution in [2.24, 2.45) is 0 Å². The maximum atomic E-state index is 12.6. The van der Waals surface area contributed by atoms with Crippen LogP contribution in [-0.2, 0) is 23.6 Å². The predicted octanol–water partition coefficient (Wildman–Crippen LogP) is 6.35. The summed E-state index contributed by atoms with van der Waals surface area (Å²) >= 11 is -0.321. The van der Waals surface area contributed by atoms with Crippen molar-refractivity contribution in [3.63, 3.8) is 0 Å². The molecule has 0 aromatic carbocycles. The molecule has 0 unspecified atom stereocenters. The number of hydrogen-bond acceptors (Lipinski definition) is 9. The van der Waals surface area contributed by atoms with E-state index in [1.807, 2.05) is 20.8 Å². The van der Waals surface area contributed by atoms with E-state index < -0.39 is 37.5 Å². The fourth-order valence-electron chi connectivity index (χ4n) is 2.85. The Balaban J connectivity index is 5.36. The van der Waals surface area contributed by atoms with Gasteiger partial charge in [-0.05, 0) is 0 Å². The van der Waals surface area contributed by atoms with Gasteiger partial charge in [0.1, 0.15) is 0 Å². The average molecular weight is 632 g/mol. The molecule has 0 bridgehead atoms. The van der Waals surface area contributed by atoms with Gasteiger partial charge in [-0.15, -0.1) is 0 Å². The molecule has 194 valence electrons. The molecule has 10 heteroatoms. The van der Waals surface area contributed by atoms with Gasteiger partial charge in [-0.25, -0.2) is 0 Å². The molecule has 33 heavy (non-hydrogen) atoms. The van der Waals surface area contributed by atoms with Crippen LogP contribution in [0, 0.1) is 0 Å². The van der Waals surface area contributed by atoms with E-state index in [4.69, 9.17) is 9.22 Å². The Morgan fingerprint density at radius 2 is 0.909 bits per heavy atom. The van der Waals surface area contributed by atoms with Crippen molar-refractivity contribution in [2.75, 3.05) is 34.5 Å². The summed E-state index contributed by atoms with van der Waals surface area (Å²) in [5, 5.41) is 0. The predicted molar refractivity (Wildman–Crippen MR) is 145 cm³/mol. The van der Waals surface area contributed by atoms with Gasteiger partial charge in [0.25, 0.3) is 0 Å². The molecule has 0 spiro atoms. The molecule has 0 saturated carbocycles. The second-order valence-electron chi connectivity index (χ2n) is 7.78. The minimum atomic E-state index is -4.76. The van der Waals surface area contributed by atoms with Gasteiger partial charge in [-0.1, -0.05) is 0 Å². The normalized spacial score (nSPS) is 11.3. The molecule has 0 radical (unpaired) electrons. The third kappa shape index (κ3) is 19.2. The second kappa shape index (κ2) is 22.7. The Morgan fingerprint density at radius 3 is 1.27 bits per heavy atom. The molecule has 0 saturated heterocycles. The zero-order chi connectivity index (χ0) is 24.8. The van der Waals surface area contributed by atoms with Crippen LogP contribution in [0.15, 0.2) is 0 Å². The molecular formula is C23H44O6S3Sn. The molecule has 0 N–H and O–H groups in total. The number of rotatable bonds is 22. The maximum absolute atomic E-state index is 12.6. The van der Waals surface area contributed by atoms with Gasteiger partial charge in [0.15, 0.2) is 0 Å². The third-order valence-corrected chi connectivity index (χ3v) is 15.1. The Hall–Kier alpha value is 0.259. The van der Waals surface area contributed by atoms with E-state index in [2.05, 4.69) is 6.92 Å². The van der Waals surface area contributed by atoms with Gasteiger partial charge in [0.2, 0.25) is 0 Å². The van der Waals surface area contributed by atoms with Crippen LogP contribution in [0.25, 0.3) is 0 Å². The summed E-state index contributed by atoms with van der Waals surface area (Å²) in [6, 6.07) is 0. The first-order chi connectivity index (χ1) is 15.9. The fraction of sp³-hybridized carbons (Fsp3) is 0.870. The van der Waals surface area contributed by atoms with Crippen LogP contribution in [0.2, 0.25) is 4.44 Å². The van der Waals surface area contributed by atoms with Crippen molar-refractivity contribution < 1.29 is 23.6 Å². The molecule has 6 nitrogen and oxygen atoms in total. The summed E-state index contributed by atoms with van der Waals surface area (Å²) in [6.07, 6.45) is 9.09. The Kier molecular flexibility index (Phi) is 22.9. The topological polar surface area (TPSA) is 78.9 Å². The molecule has 0 aliphatic carbocycles. The van der Waals surface area contributed by atoms with E-state index in [1.165, 1.54) is 41.7 Å². The first-order valence-electron chi connectivity index (χ1n) is 12.3. The van der Waals surface area contributed by atoms with Crippen LogP contribution in [0.3, 0.4) is 0 Å². The molecule has 0 aromatic rings. The molecular weight excluding hydrogens is 587 g/mol. The third-order valence-electron chi connectivity index (χ3n) is 4.35. The molecule has 0 aliphatic rings. The van der Waals surface area contributed by atoms with Crippen molar-refractivity contribution in [3.8, 4) is 0 Å².